The number of allylic oxidation sites excluding steroid dienone is 4. The van der Waals surface area contributed by atoms with Gasteiger partial charge in [0.25, 0.3) is 0 Å². The van der Waals surface area contributed by atoms with Gasteiger partial charge in [-0.3, -0.25) is 4.79 Å². The first kappa shape index (κ1) is 12.8. The standard InChI is InChI=1S/C12H19NO/c1-3-4-5-6-7-8-9-12(10-13)11(2)14/h3-6,10,12-13H,7-9H2,1-2H3/b4-3-,6-5-,13-10?/t12-/m1/s1. The zero-order chi connectivity index (χ0) is 10.8. The lowest BCUT2D eigenvalue weighted by Crippen LogP contribution is -2.11. The van der Waals surface area contributed by atoms with E-state index in [2.05, 4.69) is 6.08 Å². The van der Waals surface area contributed by atoms with Gasteiger partial charge in [0, 0.05) is 6.21 Å². The van der Waals surface area contributed by atoms with Crippen molar-refractivity contribution >= 4 is 12.0 Å². The highest BCUT2D eigenvalue weighted by Gasteiger charge is 2.08. The molecule has 2 nitrogen and oxygen atoms in total. The maximum absolute atomic E-state index is 11.0. The molecule has 0 spiro atoms. The van der Waals surface area contributed by atoms with Crippen molar-refractivity contribution < 1.29 is 4.79 Å². The topological polar surface area (TPSA) is 40.9 Å². The van der Waals surface area contributed by atoms with Crippen molar-refractivity contribution in [3.8, 4) is 0 Å². The van der Waals surface area contributed by atoms with E-state index in [9.17, 15) is 4.79 Å². The molecule has 1 N–H and O–H groups in total. The molecule has 0 heterocycles. The van der Waals surface area contributed by atoms with Crippen molar-refractivity contribution in [2.75, 3.05) is 0 Å². The Kier molecular flexibility index (Phi) is 7.71. The van der Waals surface area contributed by atoms with Gasteiger partial charge in [0.15, 0.2) is 0 Å². The molecule has 0 aliphatic rings. The second-order valence-corrected chi connectivity index (χ2v) is 3.27. The fourth-order valence-corrected chi connectivity index (χ4v) is 1.15. The minimum Gasteiger partial charge on any atom is -0.312 e. The van der Waals surface area contributed by atoms with Crippen molar-refractivity contribution in [1.29, 1.82) is 5.41 Å². The van der Waals surface area contributed by atoms with Crippen molar-refractivity contribution in [1.82, 2.24) is 0 Å². The number of hydrogen-bond donors (Lipinski definition) is 1. The van der Waals surface area contributed by atoms with Gasteiger partial charge in [-0.25, -0.2) is 0 Å². The molecule has 0 radical (unpaired) electrons. The number of hydrogen-bond acceptors (Lipinski definition) is 2. The third-order valence-electron chi connectivity index (χ3n) is 2.05. The summed E-state index contributed by atoms with van der Waals surface area (Å²) in [6, 6.07) is 0. The average molecular weight is 193 g/mol. The van der Waals surface area contributed by atoms with Gasteiger partial charge in [0.05, 0.1) is 5.92 Å². The largest absolute Gasteiger partial charge is 0.312 e. The highest BCUT2D eigenvalue weighted by molar-refractivity contribution is 5.92. The summed E-state index contributed by atoms with van der Waals surface area (Å²) < 4.78 is 0. The van der Waals surface area contributed by atoms with Crippen LogP contribution in [0.1, 0.15) is 33.1 Å². The summed E-state index contributed by atoms with van der Waals surface area (Å²) in [5.74, 6) is -0.0810. The van der Waals surface area contributed by atoms with Crippen LogP contribution >= 0.6 is 0 Å². The molecule has 78 valence electrons. The fourth-order valence-electron chi connectivity index (χ4n) is 1.15. The van der Waals surface area contributed by atoms with Crippen LogP contribution in [0.4, 0.5) is 0 Å². The van der Waals surface area contributed by atoms with Gasteiger partial charge >= 0.3 is 0 Å². The van der Waals surface area contributed by atoms with Crippen molar-refractivity contribution in [3.05, 3.63) is 24.3 Å². The molecule has 14 heavy (non-hydrogen) atoms. The third kappa shape index (κ3) is 6.35. The first-order chi connectivity index (χ1) is 6.72. The molecule has 1 atom stereocenters. The molecular weight excluding hydrogens is 174 g/mol. The zero-order valence-corrected chi connectivity index (χ0v) is 8.99. The van der Waals surface area contributed by atoms with Gasteiger partial charge < -0.3 is 5.41 Å². The Morgan fingerprint density at radius 1 is 1.43 bits per heavy atom. The number of carbonyl (C=O) groups is 1. The third-order valence-corrected chi connectivity index (χ3v) is 2.05. The summed E-state index contributed by atoms with van der Waals surface area (Å²) in [6.45, 7) is 3.52. The van der Waals surface area contributed by atoms with Gasteiger partial charge in [0.2, 0.25) is 0 Å². The van der Waals surface area contributed by atoms with Crippen LogP contribution in [0.2, 0.25) is 0 Å². The maximum atomic E-state index is 11.0. The molecule has 0 fully saturated rings. The smallest absolute Gasteiger partial charge is 0.138 e. The normalized spacial score (nSPS) is 13.6. The number of Topliss-reactive ketones (excluding diaryl/α,β-unsaturated/α-hetero) is 1. The van der Waals surface area contributed by atoms with Gasteiger partial charge in [-0.15, -0.1) is 0 Å². The second kappa shape index (κ2) is 8.42. The van der Waals surface area contributed by atoms with Gasteiger partial charge in [-0.1, -0.05) is 24.3 Å². The Balaban J connectivity index is 3.62. The van der Waals surface area contributed by atoms with E-state index in [4.69, 9.17) is 5.41 Å². The van der Waals surface area contributed by atoms with Crippen molar-refractivity contribution in [3.63, 3.8) is 0 Å². The highest BCUT2D eigenvalue weighted by atomic mass is 16.1. The van der Waals surface area contributed by atoms with Crippen molar-refractivity contribution in [2.45, 2.75) is 33.1 Å². The molecule has 0 bridgehead atoms. The molecule has 0 aromatic rings. The van der Waals surface area contributed by atoms with E-state index in [1.165, 1.54) is 6.21 Å². The van der Waals surface area contributed by atoms with E-state index in [0.717, 1.165) is 19.3 Å². The number of rotatable bonds is 7. The van der Waals surface area contributed by atoms with E-state index in [1.54, 1.807) is 6.92 Å². The molecule has 0 amide bonds. The Morgan fingerprint density at radius 2 is 2.14 bits per heavy atom. The highest BCUT2D eigenvalue weighted by Crippen LogP contribution is 2.07. The lowest BCUT2D eigenvalue weighted by molar-refractivity contribution is -0.118. The fraction of sp³-hybridized carbons (Fsp3) is 0.500. The molecule has 0 rings (SSSR count). The van der Waals surface area contributed by atoms with Crippen molar-refractivity contribution in [2.24, 2.45) is 5.92 Å². The summed E-state index contributed by atoms with van der Waals surface area (Å²) in [4.78, 5) is 11.0. The zero-order valence-electron chi connectivity index (χ0n) is 8.99. The number of carbonyl (C=O) groups excluding carboxylic acids is 1. The average Bonchev–Trinajstić information content (AvgIpc) is 2.16. The summed E-state index contributed by atoms with van der Waals surface area (Å²) >= 11 is 0. The summed E-state index contributed by atoms with van der Waals surface area (Å²) in [7, 11) is 0. The second-order valence-electron chi connectivity index (χ2n) is 3.27. The molecule has 0 saturated heterocycles. The molecule has 0 unspecified atom stereocenters. The quantitative estimate of drug-likeness (QED) is 0.376. The van der Waals surface area contributed by atoms with Crippen LogP contribution in [0.25, 0.3) is 0 Å². The van der Waals surface area contributed by atoms with Crippen LogP contribution in [0.15, 0.2) is 24.3 Å². The van der Waals surface area contributed by atoms with Crippen LogP contribution in [-0.2, 0) is 4.79 Å². The molecule has 2 heteroatoms. The minimum atomic E-state index is -0.176. The van der Waals surface area contributed by atoms with E-state index < -0.39 is 0 Å². The van der Waals surface area contributed by atoms with Crippen LogP contribution in [0, 0.1) is 11.3 Å². The minimum absolute atomic E-state index is 0.0948. The monoisotopic (exact) mass is 193 g/mol. The lowest BCUT2D eigenvalue weighted by atomic mass is 9.99. The molecule has 0 aliphatic carbocycles. The SMILES string of the molecule is C/C=C\C=C/CCC[C@H](C=N)C(C)=O. The number of unbranched alkanes of at least 4 members (excludes halogenated alkanes) is 1. The molecule has 0 aliphatic heterocycles. The maximum Gasteiger partial charge on any atom is 0.138 e. The Morgan fingerprint density at radius 3 is 2.64 bits per heavy atom. The summed E-state index contributed by atoms with van der Waals surface area (Å²) in [5.41, 5.74) is 0. The van der Waals surface area contributed by atoms with E-state index in [-0.39, 0.29) is 11.7 Å². The number of ketones is 1. The Hall–Kier alpha value is -1.18. The molecular formula is C12H19NO. The Bertz CT molecular complexity index is 228. The summed E-state index contributed by atoms with van der Waals surface area (Å²) in [6.07, 6.45) is 12.0. The van der Waals surface area contributed by atoms with Gasteiger partial charge in [-0.2, -0.15) is 0 Å². The Labute approximate surface area is 86.2 Å². The predicted molar refractivity (Wildman–Crippen MR) is 60.8 cm³/mol. The van der Waals surface area contributed by atoms with Gasteiger partial charge in [0.1, 0.15) is 5.78 Å². The van der Waals surface area contributed by atoms with E-state index in [0.29, 0.717) is 0 Å². The van der Waals surface area contributed by atoms with E-state index >= 15 is 0 Å². The molecule has 0 aromatic heterocycles. The van der Waals surface area contributed by atoms with Crippen LogP contribution in [0.5, 0.6) is 0 Å². The molecule has 0 saturated carbocycles. The van der Waals surface area contributed by atoms with Crippen LogP contribution in [0.3, 0.4) is 0 Å². The number of nitrogens with one attached hydrogen (secondary N) is 1. The first-order valence-corrected chi connectivity index (χ1v) is 5.01. The van der Waals surface area contributed by atoms with Crippen LogP contribution < -0.4 is 0 Å². The van der Waals surface area contributed by atoms with Crippen LogP contribution in [-0.4, -0.2) is 12.0 Å². The molecule has 0 aromatic carbocycles. The first-order valence-electron chi connectivity index (χ1n) is 5.01. The predicted octanol–water partition coefficient (Wildman–Crippen LogP) is 3.14. The van der Waals surface area contributed by atoms with E-state index in [1.807, 2.05) is 25.2 Å². The lowest BCUT2D eigenvalue weighted by Gasteiger charge is -2.04. The van der Waals surface area contributed by atoms with Gasteiger partial charge in [-0.05, 0) is 33.1 Å². The summed E-state index contributed by atoms with van der Waals surface area (Å²) in [5, 5.41) is 7.06.